The van der Waals surface area contributed by atoms with Crippen molar-refractivity contribution in [2.24, 2.45) is 0 Å². The highest BCUT2D eigenvalue weighted by Crippen LogP contribution is 2.20. The molecule has 0 aromatic heterocycles. The Morgan fingerprint density at radius 3 is 2.75 bits per heavy atom. The van der Waals surface area contributed by atoms with E-state index in [1.807, 2.05) is 24.3 Å². The van der Waals surface area contributed by atoms with Gasteiger partial charge in [0, 0.05) is 9.50 Å². The molecule has 7 heteroatoms. The van der Waals surface area contributed by atoms with E-state index in [9.17, 15) is 8.42 Å². The van der Waals surface area contributed by atoms with Crippen molar-refractivity contribution in [3.05, 3.63) is 57.5 Å². The molecular weight excluding hydrogens is 414 g/mol. The number of halogens is 2. The van der Waals surface area contributed by atoms with Gasteiger partial charge in [0.15, 0.2) is 0 Å². The summed E-state index contributed by atoms with van der Waals surface area (Å²) in [4.78, 5) is 0.155. The summed E-state index contributed by atoms with van der Waals surface area (Å²) in [6.07, 6.45) is 0. The average Bonchev–Trinajstić information content (AvgIpc) is 2.53. The zero-order chi connectivity index (χ0) is 17.6. The number of hydrogen-bond acceptors (Lipinski definition) is 3. The molecule has 2 aromatic carbocycles. The second-order valence-electron chi connectivity index (χ2n) is 4.83. The molecule has 0 aliphatic carbocycles. The number of aryl methyl sites for hydroxylation is 1. The molecule has 2 rings (SSSR count). The molecular formula is C17H15BrClNO3S. The zero-order valence-corrected chi connectivity index (χ0v) is 16.0. The molecule has 4 nitrogen and oxygen atoms in total. The van der Waals surface area contributed by atoms with E-state index in [1.54, 1.807) is 19.1 Å². The maximum absolute atomic E-state index is 12.2. The molecule has 0 fully saturated rings. The summed E-state index contributed by atoms with van der Waals surface area (Å²) in [5.74, 6) is 6.17. The summed E-state index contributed by atoms with van der Waals surface area (Å²) in [5.41, 5.74) is 0.623. The van der Waals surface area contributed by atoms with E-state index in [0.29, 0.717) is 16.3 Å². The molecule has 0 aliphatic heterocycles. The fourth-order valence-corrected chi connectivity index (χ4v) is 3.67. The summed E-state index contributed by atoms with van der Waals surface area (Å²) in [5, 5.41) is 0.370. The maximum atomic E-state index is 12.2. The van der Waals surface area contributed by atoms with Crippen molar-refractivity contribution >= 4 is 37.6 Å². The smallest absolute Gasteiger partial charge is 0.241 e. The van der Waals surface area contributed by atoms with Crippen molar-refractivity contribution in [2.75, 3.05) is 13.2 Å². The zero-order valence-electron chi connectivity index (χ0n) is 12.8. The van der Waals surface area contributed by atoms with Gasteiger partial charge in [0.1, 0.15) is 12.4 Å². The van der Waals surface area contributed by atoms with Crippen LogP contribution in [0.5, 0.6) is 5.75 Å². The third-order valence-electron chi connectivity index (χ3n) is 3.02. The molecule has 0 bridgehead atoms. The SMILES string of the molecule is Cc1ccc(Cl)cc1S(=O)(=O)NCC#CCOc1cccc(Br)c1. The van der Waals surface area contributed by atoms with E-state index in [4.69, 9.17) is 16.3 Å². The number of benzene rings is 2. The summed E-state index contributed by atoms with van der Waals surface area (Å²) < 4.78 is 33.2. The molecule has 126 valence electrons. The van der Waals surface area contributed by atoms with E-state index < -0.39 is 10.0 Å². The van der Waals surface area contributed by atoms with Gasteiger partial charge in [-0.15, -0.1) is 0 Å². The largest absolute Gasteiger partial charge is 0.481 e. The van der Waals surface area contributed by atoms with Gasteiger partial charge in [-0.1, -0.05) is 51.5 Å². The fourth-order valence-electron chi connectivity index (χ4n) is 1.86. The quantitative estimate of drug-likeness (QED) is 0.738. The molecule has 1 N–H and O–H groups in total. The monoisotopic (exact) mass is 427 g/mol. The van der Waals surface area contributed by atoms with Crippen LogP contribution in [0.25, 0.3) is 0 Å². The molecule has 24 heavy (non-hydrogen) atoms. The van der Waals surface area contributed by atoms with E-state index >= 15 is 0 Å². The number of sulfonamides is 1. The molecule has 2 aromatic rings. The second-order valence-corrected chi connectivity index (χ2v) is 7.92. The molecule has 0 amide bonds. The van der Waals surface area contributed by atoms with Gasteiger partial charge < -0.3 is 4.74 Å². The highest BCUT2D eigenvalue weighted by atomic mass is 79.9. The van der Waals surface area contributed by atoms with Gasteiger partial charge >= 0.3 is 0 Å². The average molecular weight is 429 g/mol. The van der Waals surface area contributed by atoms with Crippen molar-refractivity contribution in [1.29, 1.82) is 0 Å². The van der Waals surface area contributed by atoms with Crippen molar-refractivity contribution in [3.8, 4) is 17.6 Å². The van der Waals surface area contributed by atoms with Gasteiger partial charge in [0.05, 0.1) is 11.4 Å². The van der Waals surface area contributed by atoms with E-state index in [-0.39, 0.29) is 18.0 Å². The summed E-state index contributed by atoms with van der Waals surface area (Å²) in [6.45, 7) is 1.88. The Morgan fingerprint density at radius 1 is 1.21 bits per heavy atom. The Labute approximate surface area is 155 Å². The topological polar surface area (TPSA) is 55.4 Å². The Morgan fingerprint density at radius 2 is 2.00 bits per heavy atom. The fraction of sp³-hybridized carbons (Fsp3) is 0.176. The minimum absolute atomic E-state index is 0.00384. The highest BCUT2D eigenvalue weighted by Gasteiger charge is 2.16. The maximum Gasteiger partial charge on any atom is 0.241 e. The lowest BCUT2D eigenvalue weighted by Crippen LogP contribution is -2.24. The first-order valence-corrected chi connectivity index (χ1v) is 9.64. The van der Waals surface area contributed by atoms with Crippen LogP contribution < -0.4 is 9.46 Å². The first-order valence-electron chi connectivity index (χ1n) is 6.98. The lowest BCUT2D eigenvalue weighted by atomic mass is 10.2. The van der Waals surface area contributed by atoms with Gasteiger partial charge in [-0.3, -0.25) is 0 Å². The molecule has 0 saturated carbocycles. The molecule has 0 heterocycles. The van der Waals surface area contributed by atoms with Gasteiger partial charge in [-0.05, 0) is 42.8 Å². The van der Waals surface area contributed by atoms with Crippen LogP contribution in [0, 0.1) is 18.8 Å². The molecule has 0 unspecified atom stereocenters. The summed E-state index contributed by atoms with van der Waals surface area (Å²) in [7, 11) is -3.64. The Kier molecular flexibility index (Phi) is 6.69. The van der Waals surface area contributed by atoms with Crippen molar-refractivity contribution in [2.45, 2.75) is 11.8 Å². The second kappa shape index (κ2) is 8.54. The minimum atomic E-state index is -3.64. The predicted molar refractivity (Wildman–Crippen MR) is 98.8 cm³/mol. The molecule has 0 radical (unpaired) electrons. The van der Waals surface area contributed by atoms with Gasteiger partial charge in [-0.25, -0.2) is 8.42 Å². The Hall–Kier alpha value is -1.52. The van der Waals surface area contributed by atoms with Crippen LogP contribution in [0.4, 0.5) is 0 Å². The Bertz CT molecular complexity index is 888. The summed E-state index contributed by atoms with van der Waals surface area (Å²) >= 11 is 9.20. The van der Waals surface area contributed by atoms with Crippen LogP contribution in [-0.4, -0.2) is 21.6 Å². The first-order chi connectivity index (χ1) is 11.4. The number of hydrogen-bond donors (Lipinski definition) is 1. The third-order valence-corrected chi connectivity index (χ3v) is 5.29. The van der Waals surface area contributed by atoms with E-state index in [2.05, 4.69) is 32.5 Å². The van der Waals surface area contributed by atoms with Crippen molar-refractivity contribution in [1.82, 2.24) is 4.72 Å². The van der Waals surface area contributed by atoms with Crippen LogP contribution in [0.1, 0.15) is 5.56 Å². The van der Waals surface area contributed by atoms with E-state index in [1.165, 1.54) is 6.07 Å². The van der Waals surface area contributed by atoms with Crippen molar-refractivity contribution < 1.29 is 13.2 Å². The predicted octanol–water partition coefficient (Wildman–Crippen LogP) is 3.77. The van der Waals surface area contributed by atoms with E-state index in [0.717, 1.165) is 4.47 Å². The number of ether oxygens (including phenoxy) is 1. The number of nitrogens with one attached hydrogen (secondary N) is 1. The molecule has 0 saturated heterocycles. The lowest BCUT2D eigenvalue weighted by molar-refractivity contribution is 0.370. The van der Waals surface area contributed by atoms with Crippen LogP contribution >= 0.6 is 27.5 Å². The standard InChI is InChI=1S/C17H15BrClNO3S/c1-13-7-8-15(19)12-17(13)24(21,22)20-9-2-3-10-23-16-6-4-5-14(18)11-16/h4-8,11-12,20H,9-10H2,1H3. The van der Waals surface area contributed by atoms with Gasteiger partial charge in [0.2, 0.25) is 10.0 Å². The van der Waals surface area contributed by atoms with Crippen LogP contribution in [0.3, 0.4) is 0 Å². The molecule has 0 spiro atoms. The highest BCUT2D eigenvalue weighted by molar-refractivity contribution is 9.10. The normalized spacial score (nSPS) is 10.8. The minimum Gasteiger partial charge on any atom is -0.481 e. The molecule has 0 atom stereocenters. The third kappa shape index (κ3) is 5.53. The van der Waals surface area contributed by atoms with Crippen LogP contribution in [0.2, 0.25) is 5.02 Å². The van der Waals surface area contributed by atoms with Crippen LogP contribution in [0.15, 0.2) is 51.8 Å². The Balaban J connectivity index is 1.89. The van der Waals surface area contributed by atoms with Crippen LogP contribution in [-0.2, 0) is 10.0 Å². The number of rotatable bonds is 5. The summed E-state index contributed by atoms with van der Waals surface area (Å²) in [6, 6.07) is 12.1. The first kappa shape index (κ1) is 18.8. The van der Waals surface area contributed by atoms with Gasteiger partial charge in [0.25, 0.3) is 0 Å². The van der Waals surface area contributed by atoms with Gasteiger partial charge in [-0.2, -0.15) is 4.72 Å². The van der Waals surface area contributed by atoms with Crippen molar-refractivity contribution in [3.63, 3.8) is 0 Å². The molecule has 0 aliphatic rings. The lowest BCUT2D eigenvalue weighted by Gasteiger charge is -2.07.